The van der Waals surface area contributed by atoms with E-state index < -0.39 is 4.92 Å². The van der Waals surface area contributed by atoms with Crippen LogP contribution in [0.3, 0.4) is 0 Å². The molecule has 7 nitrogen and oxygen atoms in total. The van der Waals surface area contributed by atoms with Crippen molar-refractivity contribution >= 4 is 34.6 Å². The van der Waals surface area contributed by atoms with Crippen molar-refractivity contribution in [2.45, 2.75) is 13.8 Å². The summed E-state index contributed by atoms with van der Waals surface area (Å²) in [6.45, 7) is 3.72. The van der Waals surface area contributed by atoms with Crippen molar-refractivity contribution < 1.29 is 14.8 Å². The van der Waals surface area contributed by atoms with Gasteiger partial charge in [-0.2, -0.15) is 10.1 Å². The van der Waals surface area contributed by atoms with E-state index in [1.54, 1.807) is 25.1 Å². The summed E-state index contributed by atoms with van der Waals surface area (Å²) >= 11 is 0. The Labute approximate surface area is 190 Å². The lowest BCUT2D eigenvalue weighted by atomic mass is 9.95. The van der Waals surface area contributed by atoms with Crippen molar-refractivity contribution in [3.8, 4) is 5.75 Å². The number of para-hydroxylation sites is 1. The van der Waals surface area contributed by atoms with Gasteiger partial charge >= 0.3 is 0 Å². The minimum atomic E-state index is -0.550. The van der Waals surface area contributed by atoms with Gasteiger partial charge in [0.2, 0.25) is 0 Å². The molecule has 0 aliphatic carbocycles. The molecule has 7 heteroatoms. The van der Waals surface area contributed by atoms with Gasteiger partial charge in [-0.05, 0) is 42.7 Å². The maximum Gasteiger partial charge on any atom is 0.281 e. The van der Waals surface area contributed by atoms with Gasteiger partial charge in [0.05, 0.1) is 21.9 Å². The van der Waals surface area contributed by atoms with Gasteiger partial charge in [0.15, 0.2) is 0 Å². The molecule has 3 aromatic carbocycles. The van der Waals surface area contributed by atoms with Crippen LogP contribution in [0.25, 0.3) is 11.6 Å². The second kappa shape index (κ2) is 8.92. The predicted octanol–water partition coefficient (Wildman–Crippen LogP) is 4.87. The molecule has 0 saturated heterocycles. The fourth-order valence-corrected chi connectivity index (χ4v) is 3.57. The normalized spacial score (nSPS) is 15.2. The number of anilines is 1. The van der Waals surface area contributed by atoms with E-state index in [1.165, 1.54) is 29.3 Å². The molecule has 0 atom stereocenters. The van der Waals surface area contributed by atoms with Gasteiger partial charge < -0.3 is 5.11 Å². The summed E-state index contributed by atoms with van der Waals surface area (Å²) in [7, 11) is 0. The molecule has 1 amide bonds. The number of hydrogen-bond acceptors (Lipinski definition) is 5. The van der Waals surface area contributed by atoms with Crippen molar-refractivity contribution in [3.63, 3.8) is 0 Å². The highest BCUT2D eigenvalue weighted by Gasteiger charge is 2.31. The first-order valence-electron chi connectivity index (χ1n) is 10.2. The average Bonchev–Trinajstić information content (AvgIpc) is 3.10. The van der Waals surface area contributed by atoms with Gasteiger partial charge in [-0.3, -0.25) is 14.9 Å². The fourth-order valence-electron chi connectivity index (χ4n) is 3.57. The van der Waals surface area contributed by atoms with Crippen LogP contribution in [-0.4, -0.2) is 16.5 Å². The van der Waals surface area contributed by atoms with Crippen molar-refractivity contribution in [3.05, 3.63) is 111 Å². The van der Waals surface area contributed by atoms with Gasteiger partial charge in [0, 0.05) is 12.1 Å². The quantitative estimate of drug-likeness (QED) is 0.322. The van der Waals surface area contributed by atoms with E-state index in [1.807, 2.05) is 49.4 Å². The number of carbonyl (C=O) groups excluding carboxylic acids is 1. The molecule has 1 aliphatic heterocycles. The molecule has 164 valence electrons. The number of carbonyl (C=O) groups is 1. The SMILES string of the molecule is CC1=NN(c2ccccc2)C(=O)/C1=C(/C=C/c1cc([N+](=O)[O-])ccc1[O-])c1ccc(C)cc1. The number of hydrogen-bond donors (Lipinski definition) is 0. The first-order chi connectivity index (χ1) is 15.8. The topological polar surface area (TPSA) is 98.9 Å². The molecule has 0 bridgehead atoms. The van der Waals surface area contributed by atoms with Crippen LogP contribution < -0.4 is 10.1 Å². The summed E-state index contributed by atoms with van der Waals surface area (Å²) in [6, 6.07) is 20.3. The lowest BCUT2D eigenvalue weighted by molar-refractivity contribution is -0.385. The number of benzene rings is 3. The number of non-ortho nitro benzene ring substituents is 1. The summed E-state index contributed by atoms with van der Waals surface area (Å²) in [5.41, 5.74) is 3.96. The number of nitro benzene ring substituents is 1. The maximum absolute atomic E-state index is 13.4. The highest BCUT2D eigenvalue weighted by atomic mass is 16.6. The van der Waals surface area contributed by atoms with E-state index in [-0.39, 0.29) is 22.9 Å². The molecule has 33 heavy (non-hydrogen) atoms. The second-order valence-electron chi connectivity index (χ2n) is 7.61. The van der Waals surface area contributed by atoms with Crippen molar-refractivity contribution in [1.29, 1.82) is 0 Å². The van der Waals surface area contributed by atoms with Crippen LogP contribution in [0.2, 0.25) is 0 Å². The van der Waals surface area contributed by atoms with Crippen LogP contribution in [0.4, 0.5) is 11.4 Å². The number of nitro groups is 1. The number of nitrogens with zero attached hydrogens (tertiary/aromatic N) is 3. The molecule has 0 spiro atoms. The van der Waals surface area contributed by atoms with E-state index in [0.29, 0.717) is 22.5 Å². The number of hydrazone groups is 1. The van der Waals surface area contributed by atoms with Crippen molar-refractivity contribution in [1.82, 2.24) is 0 Å². The zero-order valence-corrected chi connectivity index (χ0v) is 18.1. The third kappa shape index (κ3) is 4.43. The second-order valence-corrected chi connectivity index (χ2v) is 7.61. The Hall–Kier alpha value is -4.52. The number of amides is 1. The Morgan fingerprint density at radius 2 is 1.70 bits per heavy atom. The van der Waals surface area contributed by atoms with E-state index in [2.05, 4.69) is 5.10 Å². The summed E-state index contributed by atoms with van der Waals surface area (Å²) < 4.78 is 0. The van der Waals surface area contributed by atoms with E-state index in [4.69, 9.17) is 0 Å². The molecule has 0 aromatic heterocycles. The van der Waals surface area contributed by atoms with Gasteiger partial charge in [-0.1, -0.05) is 66.2 Å². The molecule has 0 N–H and O–H groups in total. The first-order valence-corrected chi connectivity index (χ1v) is 10.2. The highest BCUT2D eigenvalue weighted by Crippen LogP contribution is 2.31. The highest BCUT2D eigenvalue weighted by molar-refractivity contribution is 6.34. The zero-order valence-electron chi connectivity index (χ0n) is 18.1. The molecular weight excluding hydrogens is 418 g/mol. The Kier molecular flexibility index (Phi) is 5.87. The van der Waals surface area contributed by atoms with Gasteiger partial charge in [-0.15, -0.1) is 5.75 Å². The molecule has 0 radical (unpaired) electrons. The van der Waals surface area contributed by atoms with Crippen LogP contribution in [0.5, 0.6) is 5.75 Å². The monoisotopic (exact) mass is 438 g/mol. The first kappa shape index (κ1) is 21.7. The minimum Gasteiger partial charge on any atom is -0.872 e. The van der Waals surface area contributed by atoms with Crippen LogP contribution >= 0.6 is 0 Å². The summed E-state index contributed by atoms with van der Waals surface area (Å²) in [4.78, 5) is 24.0. The fraction of sp³-hybridized carbons (Fsp3) is 0.0769. The van der Waals surface area contributed by atoms with Gasteiger partial charge in [0.1, 0.15) is 0 Å². The lowest BCUT2D eigenvalue weighted by Crippen LogP contribution is -2.21. The number of rotatable bonds is 5. The molecule has 0 fully saturated rings. The molecule has 4 rings (SSSR count). The Bertz CT molecular complexity index is 1320. The van der Waals surface area contributed by atoms with Crippen LogP contribution in [0.1, 0.15) is 23.6 Å². The Balaban J connectivity index is 1.84. The Morgan fingerprint density at radius 3 is 2.36 bits per heavy atom. The van der Waals surface area contributed by atoms with Crippen molar-refractivity contribution in [2.24, 2.45) is 5.10 Å². The summed E-state index contributed by atoms with van der Waals surface area (Å²) in [6.07, 6.45) is 3.15. The third-order valence-corrected chi connectivity index (χ3v) is 5.28. The smallest absolute Gasteiger partial charge is 0.281 e. The van der Waals surface area contributed by atoms with Crippen LogP contribution in [-0.2, 0) is 4.79 Å². The van der Waals surface area contributed by atoms with E-state index >= 15 is 0 Å². The molecule has 0 unspecified atom stereocenters. The minimum absolute atomic E-state index is 0.161. The third-order valence-electron chi connectivity index (χ3n) is 5.28. The van der Waals surface area contributed by atoms with E-state index in [0.717, 1.165) is 11.1 Å². The van der Waals surface area contributed by atoms with Gasteiger partial charge in [-0.25, -0.2) is 0 Å². The number of allylic oxidation sites excluding steroid dienone is 2. The van der Waals surface area contributed by atoms with Crippen LogP contribution in [0.15, 0.2) is 89.5 Å². The largest absolute Gasteiger partial charge is 0.872 e. The van der Waals surface area contributed by atoms with Gasteiger partial charge in [0.25, 0.3) is 11.6 Å². The molecular formula is C26H20N3O4-. The summed E-state index contributed by atoms with van der Waals surface area (Å²) in [5, 5.41) is 29.2. The van der Waals surface area contributed by atoms with Crippen LogP contribution in [0, 0.1) is 17.0 Å². The predicted molar refractivity (Wildman–Crippen MR) is 127 cm³/mol. The molecule has 0 saturated carbocycles. The molecule has 1 aliphatic rings. The van der Waals surface area contributed by atoms with Crippen molar-refractivity contribution in [2.75, 3.05) is 5.01 Å². The van der Waals surface area contributed by atoms with E-state index in [9.17, 15) is 20.0 Å². The standard InChI is InChI=1S/C26H21N3O4/c1-17-8-10-19(11-9-17)23(14-12-20-16-22(29(32)33)13-15-24(20)30)25-18(2)27-28(26(25)31)21-6-4-3-5-7-21/h3-16,30H,1-2H3/p-1/b14-12+,25-23-. The number of aryl methyl sites for hydroxylation is 1. The lowest BCUT2D eigenvalue weighted by Gasteiger charge is -2.13. The Morgan fingerprint density at radius 1 is 1.00 bits per heavy atom. The summed E-state index contributed by atoms with van der Waals surface area (Å²) in [5.74, 6) is -0.639. The maximum atomic E-state index is 13.4. The molecule has 3 aromatic rings. The molecule has 1 heterocycles. The zero-order chi connectivity index (χ0) is 23.5. The average molecular weight is 438 g/mol.